The molecule has 1 aliphatic carbocycles. The molecule has 1 saturated heterocycles. The SMILES string of the molecule is Cc1c(-c2[nH]c3sc([C@@H]4C[C@@H]5C[C@H]4CN5Cc4ccc(Br)cc4)c(C)c3c2C(C)C)cn2ncnc2c1C. The zero-order valence-electron chi connectivity index (χ0n) is 22.7. The van der Waals surface area contributed by atoms with Gasteiger partial charge in [-0.05, 0) is 91.3 Å². The zero-order valence-corrected chi connectivity index (χ0v) is 25.1. The molecule has 2 aliphatic rings. The normalized spacial score (nSPS) is 21.6. The Morgan fingerprint density at radius 2 is 1.87 bits per heavy atom. The van der Waals surface area contributed by atoms with E-state index in [9.17, 15) is 0 Å². The van der Waals surface area contributed by atoms with Crippen LogP contribution in [0.3, 0.4) is 0 Å². The first-order valence-corrected chi connectivity index (χ1v) is 15.3. The number of likely N-dealkylation sites (tertiary alicyclic amines) is 1. The van der Waals surface area contributed by atoms with E-state index in [4.69, 9.17) is 0 Å². The summed E-state index contributed by atoms with van der Waals surface area (Å²) < 4.78 is 3.07. The van der Waals surface area contributed by atoms with Crippen LogP contribution in [0.25, 0.3) is 27.1 Å². The number of pyridine rings is 1. The van der Waals surface area contributed by atoms with E-state index in [-0.39, 0.29) is 0 Å². The van der Waals surface area contributed by atoms with Gasteiger partial charge in [0.2, 0.25) is 0 Å². The van der Waals surface area contributed by atoms with Crippen molar-refractivity contribution in [2.45, 2.75) is 71.9 Å². The lowest BCUT2D eigenvalue weighted by molar-refractivity contribution is 0.192. The van der Waals surface area contributed by atoms with E-state index >= 15 is 0 Å². The molecular weight excluding hydrogens is 554 g/mol. The molecule has 4 aromatic heterocycles. The van der Waals surface area contributed by atoms with E-state index in [1.54, 1.807) is 11.2 Å². The van der Waals surface area contributed by atoms with Crippen molar-refractivity contribution >= 4 is 43.1 Å². The fourth-order valence-corrected chi connectivity index (χ4v) is 8.93. The number of H-pyrrole nitrogens is 1. The average molecular weight is 589 g/mol. The first-order chi connectivity index (χ1) is 18.3. The molecule has 0 spiro atoms. The summed E-state index contributed by atoms with van der Waals surface area (Å²) >= 11 is 5.58. The minimum Gasteiger partial charge on any atom is -0.346 e. The Morgan fingerprint density at radius 1 is 1.08 bits per heavy atom. The van der Waals surface area contributed by atoms with Crippen LogP contribution in [0.5, 0.6) is 0 Å². The van der Waals surface area contributed by atoms with Gasteiger partial charge in [-0.3, -0.25) is 4.90 Å². The van der Waals surface area contributed by atoms with Crippen molar-refractivity contribution in [2.24, 2.45) is 5.92 Å². The lowest BCUT2D eigenvalue weighted by Crippen LogP contribution is -2.34. The highest BCUT2D eigenvalue weighted by atomic mass is 79.9. The number of nitrogens with zero attached hydrogens (tertiary/aromatic N) is 4. The highest BCUT2D eigenvalue weighted by molar-refractivity contribution is 9.10. The molecule has 1 saturated carbocycles. The Bertz CT molecular complexity index is 1670. The standard InChI is InChI=1S/C31H34BrN5S/c1-16(2)26-27-19(5)29(24-11-23-10-21(24)13-36(23)12-20-6-8-22(32)9-7-20)38-31(27)35-28(26)25-14-37-30(33-15-34-37)18(4)17(25)3/h6-9,14-16,21,23-24,35H,10-13H2,1-5H3/t21-,23-,24+/m0/s1. The van der Waals surface area contributed by atoms with Crippen LogP contribution < -0.4 is 0 Å². The number of rotatable bonds is 5. The third-order valence-corrected chi connectivity index (χ3v) is 11.1. The first kappa shape index (κ1) is 24.6. The molecule has 3 atom stereocenters. The third-order valence-electron chi connectivity index (χ3n) is 9.22. The number of aromatic nitrogens is 4. The summed E-state index contributed by atoms with van der Waals surface area (Å²) in [4.78, 5) is 14.0. The summed E-state index contributed by atoms with van der Waals surface area (Å²) in [6, 6.07) is 9.55. The Hall–Kier alpha value is -2.48. The average Bonchev–Trinajstić information content (AvgIpc) is 3.70. The van der Waals surface area contributed by atoms with E-state index in [0.717, 1.165) is 22.6 Å². The molecule has 5 heterocycles. The van der Waals surface area contributed by atoms with Crippen LogP contribution in [0.2, 0.25) is 0 Å². The predicted octanol–water partition coefficient (Wildman–Crippen LogP) is 8.13. The number of aryl methyl sites for hydroxylation is 2. The highest BCUT2D eigenvalue weighted by Crippen LogP contribution is 2.53. The van der Waals surface area contributed by atoms with Gasteiger partial charge < -0.3 is 4.98 Å². The highest BCUT2D eigenvalue weighted by Gasteiger charge is 2.46. The lowest BCUT2D eigenvalue weighted by atomic mass is 9.88. The fraction of sp³-hybridized carbons (Fsp3) is 0.419. The molecule has 7 rings (SSSR count). The van der Waals surface area contributed by atoms with Gasteiger partial charge in [0, 0.05) is 45.6 Å². The van der Waals surface area contributed by atoms with Gasteiger partial charge in [-0.1, -0.05) is 41.9 Å². The van der Waals surface area contributed by atoms with Crippen molar-refractivity contribution in [1.82, 2.24) is 24.5 Å². The van der Waals surface area contributed by atoms with E-state index in [1.807, 2.05) is 15.9 Å². The number of nitrogens with one attached hydrogen (secondary N) is 1. The summed E-state index contributed by atoms with van der Waals surface area (Å²) in [6.07, 6.45) is 6.42. The second-order valence-electron chi connectivity index (χ2n) is 11.7. The number of aromatic amines is 1. The van der Waals surface area contributed by atoms with E-state index < -0.39 is 0 Å². The fourth-order valence-electron chi connectivity index (χ4n) is 7.23. The van der Waals surface area contributed by atoms with E-state index in [2.05, 4.69) is 101 Å². The molecular formula is C31H34BrN5S. The van der Waals surface area contributed by atoms with Crippen LogP contribution in [0.15, 0.2) is 41.3 Å². The predicted molar refractivity (Wildman–Crippen MR) is 160 cm³/mol. The van der Waals surface area contributed by atoms with Gasteiger partial charge in [0.1, 0.15) is 11.2 Å². The monoisotopic (exact) mass is 587 g/mol. The Kier molecular flexibility index (Phi) is 5.84. The van der Waals surface area contributed by atoms with Gasteiger partial charge in [0.15, 0.2) is 5.65 Å². The topological polar surface area (TPSA) is 49.2 Å². The second-order valence-corrected chi connectivity index (χ2v) is 13.7. The summed E-state index contributed by atoms with van der Waals surface area (Å²) in [5, 5.41) is 5.91. The van der Waals surface area contributed by atoms with Crippen LogP contribution in [0, 0.1) is 26.7 Å². The van der Waals surface area contributed by atoms with Crippen LogP contribution >= 0.6 is 27.3 Å². The summed E-state index contributed by atoms with van der Waals surface area (Å²) in [6.45, 7) is 13.7. The summed E-state index contributed by atoms with van der Waals surface area (Å²) in [5.74, 6) is 1.87. The van der Waals surface area contributed by atoms with Crippen LogP contribution in [0.4, 0.5) is 0 Å². The summed E-state index contributed by atoms with van der Waals surface area (Å²) in [7, 11) is 0. The molecule has 0 amide bonds. The molecule has 2 bridgehead atoms. The molecule has 2 fully saturated rings. The number of benzene rings is 1. The van der Waals surface area contributed by atoms with Gasteiger partial charge in [0.05, 0.1) is 5.69 Å². The molecule has 5 nitrogen and oxygen atoms in total. The number of thiophene rings is 1. The van der Waals surface area contributed by atoms with Crippen LogP contribution in [0.1, 0.15) is 71.2 Å². The first-order valence-electron chi connectivity index (χ1n) is 13.7. The molecule has 5 aromatic rings. The van der Waals surface area contributed by atoms with Crippen LogP contribution in [-0.4, -0.2) is 37.1 Å². The second kappa shape index (κ2) is 9.04. The van der Waals surface area contributed by atoms with Crippen LogP contribution in [-0.2, 0) is 6.54 Å². The van der Waals surface area contributed by atoms with Crippen molar-refractivity contribution in [3.8, 4) is 11.3 Å². The quantitative estimate of drug-likeness (QED) is 0.226. The van der Waals surface area contributed by atoms with E-state index in [0.29, 0.717) is 17.9 Å². The number of halogens is 1. The minimum atomic E-state index is 0.424. The van der Waals surface area contributed by atoms with Gasteiger partial charge in [0.25, 0.3) is 0 Å². The van der Waals surface area contributed by atoms with Crippen molar-refractivity contribution in [3.63, 3.8) is 0 Å². The van der Waals surface area contributed by atoms with Crippen molar-refractivity contribution in [2.75, 3.05) is 6.54 Å². The van der Waals surface area contributed by atoms with Gasteiger partial charge in [-0.25, -0.2) is 9.50 Å². The third kappa shape index (κ3) is 3.73. The van der Waals surface area contributed by atoms with Crippen molar-refractivity contribution in [1.29, 1.82) is 0 Å². The Labute approximate surface area is 236 Å². The lowest BCUT2D eigenvalue weighted by Gasteiger charge is -2.31. The van der Waals surface area contributed by atoms with Gasteiger partial charge in [-0.15, -0.1) is 11.3 Å². The largest absolute Gasteiger partial charge is 0.346 e. The molecule has 1 N–H and O–H groups in total. The van der Waals surface area contributed by atoms with Crippen molar-refractivity contribution in [3.05, 3.63) is 74.0 Å². The van der Waals surface area contributed by atoms with Gasteiger partial charge >= 0.3 is 0 Å². The Balaban J connectivity index is 1.22. The number of fused-ring (bicyclic) bond motifs is 4. The van der Waals surface area contributed by atoms with Gasteiger partial charge in [-0.2, -0.15) is 5.10 Å². The molecule has 1 aliphatic heterocycles. The maximum atomic E-state index is 4.46. The molecule has 38 heavy (non-hydrogen) atoms. The number of piperidine rings is 1. The van der Waals surface area contributed by atoms with E-state index in [1.165, 1.54) is 68.7 Å². The summed E-state index contributed by atoms with van der Waals surface area (Å²) in [5.41, 5.74) is 10.3. The number of hydrogen-bond donors (Lipinski definition) is 1. The molecule has 0 radical (unpaired) electrons. The maximum Gasteiger partial charge on any atom is 0.158 e. The zero-order chi connectivity index (χ0) is 26.3. The minimum absolute atomic E-state index is 0.424. The molecule has 7 heteroatoms. The maximum absolute atomic E-state index is 4.46. The Morgan fingerprint density at radius 3 is 2.58 bits per heavy atom. The molecule has 0 unspecified atom stereocenters. The molecule has 1 aromatic carbocycles. The molecule has 196 valence electrons. The van der Waals surface area contributed by atoms with Crippen molar-refractivity contribution < 1.29 is 0 Å². The smallest absolute Gasteiger partial charge is 0.158 e. The number of hydrogen-bond acceptors (Lipinski definition) is 4.